The zero-order valence-electron chi connectivity index (χ0n) is 29.6. The third-order valence-corrected chi connectivity index (χ3v) is 9.98. The molecule has 1 aliphatic rings. The Morgan fingerprint density at radius 2 is 1.76 bits per heavy atom. The first-order valence-corrected chi connectivity index (χ1v) is 19.1. The molecule has 0 radical (unpaired) electrons. The molecule has 0 spiro atoms. The van der Waals surface area contributed by atoms with Crippen LogP contribution < -0.4 is 5.32 Å². The quantitative estimate of drug-likeness (QED) is 0.154. The summed E-state index contributed by atoms with van der Waals surface area (Å²) in [4.78, 5) is 27.9. The molecule has 4 rings (SSSR count). The fourth-order valence-corrected chi connectivity index (χ4v) is 6.92. The smallest absolute Gasteiger partial charge is 0.410 e. The Morgan fingerprint density at radius 3 is 2.40 bits per heavy atom. The van der Waals surface area contributed by atoms with Gasteiger partial charge in [-0.2, -0.15) is 0 Å². The average molecular weight is 729 g/mol. The first kappa shape index (κ1) is 39.2. The minimum atomic E-state index is -3.95. The lowest BCUT2D eigenvalue weighted by atomic mass is 10.1. The molecule has 1 heterocycles. The molecule has 3 aromatic carbocycles. The molecule has 0 bridgehead atoms. The molecule has 272 valence electrons. The van der Waals surface area contributed by atoms with Crippen LogP contribution in [0.4, 0.5) is 10.5 Å². The lowest BCUT2D eigenvalue weighted by Gasteiger charge is -2.33. The predicted molar refractivity (Wildman–Crippen MR) is 193 cm³/mol. The van der Waals surface area contributed by atoms with E-state index in [9.17, 15) is 18.0 Å². The number of anilines is 1. The van der Waals surface area contributed by atoms with Crippen molar-refractivity contribution in [3.63, 3.8) is 0 Å². The number of halogens is 1. The van der Waals surface area contributed by atoms with E-state index in [1.807, 2.05) is 45.9 Å². The van der Waals surface area contributed by atoms with Crippen LogP contribution in [0.2, 0.25) is 5.02 Å². The SMILES string of the molecule is CCCNc1ccc(S(=O)(=O)c2ccc(CCN(C[C@H](OC3CCCCO3)c3cccc(Cl)c3)C(=O)OC(C)(C)C)cc2)cc1C(=O)OCC. The van der Waals surface area contributed by atoms with Crippen molar-refractivity contribution in [2.45, 2.75) is 94.5 Å². The van der Waals surface area contributed by atoms with Gasteiger partial charge in [0.05, 0.1) is 28.5 Å². The van der Waals surface area contributed by atoms with E-state index in [2.05, 4.69) is 5.32 Å². The number of esters is 1. The second kappa shape index (κ2) is 18.0. The number of benzene rings is 3. The molecule has 0 saturated carbocycles. The van der Waals surface area contributed by atoms with E-state index in [-0.39, 0.29) is 35.1 Å². The van der Waals surface area contributed by atoms with Gasteiger partial charge in [-0.1, -0.05) is 42.8 Å². The lowest BCUT2D eigenvalue weighted by molar-refractivity contribution is -0.192. The highest BCUT2D eigenvalue weighted by molar-refractivity contribution is 7.91. The van der Waals surface area contributed by atoms with Crippen LogP contribution in [-0.2, 0) is 35.2 Å². The Hall–Kier alpha value is -3.64. The third-order valence-electron chi connectivity index (χ3n) is 7.98. The number of carbonyl (C=O) groups excluding carboxylic acids is 2. The topological polar surface area (TPSA) is 120 Å². The minimum absolute atomic E-state index is 0.0135. The first-order valence-electron chi connectivity index (χ1n) is 17.2. The van der Waals surface area contributed by atoms with Gasteiger partial charge in [-0.25, -0.2) is 18.0 Å². The number of nitrogens with zero attached hydrogens (tertiary/aromatic N) is 1. The average Bonchev–Trinajstić information content (AvgIpc) is 3.08. The molecular weight excluding hydrogens is 680 g/mol. The van der Waals surface area contributed by atoms with Gasteiger partial charge in [-0.3, -0.25) is 0 Å². The molecule has 1 amide bonds. The molecule has 3 aromatic rings. The Bertz CT molecular complexity index is 1690. The lowest BCUT2D eigenvalue weighted by Crippen LogP contribution is -2.41. The van der Waals surface area contributed by atoms with E-state index in [1.165, 1.54) is 24.3 Å². The summed E-state index contributed by atoms with van der Waals surface area (Å²) in [5, 5.41) is 3.72. The summed E-state index contributed by atoms with van der Waals surface area (Å²) in [6.07, 6.45) is 2.54. The van der Waals surface area contributed by atoms with Crippen molar-refractivity contribution in [1.82, 2.24) is 4.90 Å². The van der Waals surface area contributed by atoms with E-state index in [0.29, 0.717) is 30.3 Å². The number of ether oxygens (including phenoxy) is 4. The van der Waals surface area contributed by atoms with Crippen LogP contribution >= 0.6 is 11.6 Å². The highest BCUT2D eigenvalue weighted by Crippen LogP contribution is 2.29. The number of rotatable bonds is 15. The molecule has 12 heteroatoms. The normalized spacial score (nSPS) is 15.6. The van der Waals surface area contributed by atoms with Gasteiger partial charge in [-0.05, 0) is 113 Å². The van der Waals surface area contributed by atoms with Crippen molar-refractivity contribution in [2.24, 2.45) is 0 Å². The molecule has 2 atom stereocenters. The van der Waals surface area contributed by atoms with Crippen LogP contribution in [0, 0.1) is 0 Å². The molecular formula is C38H49ClN2O8S. The fourth-order valence-electron chi connectivity index (χ4n) is 5.44. The number of hydrogen-bond donors (Lipinski definition) is 1. The number of sulfone groups is 1. The van der Waals surface area contributed by atoms with Crippen molar-refractivity contribution in [3.8, 4) is 0 Å². The van der Waals surface area contributed by atoms with Crippen LogP contribution in [0.5, 0.6) is 0 Å². The Kier molecular flexibility index (Phi) is 14.1. The van der Waals surface area contributed by atoms with Crippen LogP contribution in [0.1, 0.15) is 87.9 Å². The van der Waals surface area contributed by atoms with E-state index < -0.39 is 39.9 Å². The summed E-state index contributed by atoms with van der Waals surface area (Å²) < 4.78 is 50.6. The van der Waals surface area contributed by atoms with Crippen molar-refractivity contribution in [3.05, 3.63) is 88.4 Å². The van der Waals surface area contributed by atoms with E-state index >= 15 is 0 Å². The van der Waals surface area contributed by atoms with Gasteiger partial charge >= 0.3 is 12.1 Å². The van der Waals surface area contributed by atoms with E-state index in [0.717, 1.165) is 36.8 Å². The van der Waals surface area contributed by atoms with Crippen LogP contribution in [0.15, 0.2) is 76.5 Å². The Morgan fingerprint density at radius 1 is 1.02 bits per heavy atom. The fraction of sp³-hybridized carbons (Fsp3) is 0.474. The highest BCUT2D eigenvalue weighted by Gasteiger charge is 2.29. The maximum absolute atomic E-state index is 13.7. The van der Waals surface area contributed by atoms with Crippen molar-refractivity contribution in [2.75, 3.05) is 38.2 Å². The van der Waals surface area contributed by atoms with Crippen molar-refractivity contribution >= 4 is 39.2 Å². The molecule has 1 unspecified atom stereocenters. The number of amides is 1. The van der Waals surface area contributed by atoms with Gasteiger partial charge in [0.2, 0.25) is 9.84 Å². The maximum atomic E-state index is 13.7. The second-order valence-electron chi connectivity index (χ2n) is 13.2. The zero-order valence-corrected chi connectivity index (χ0v) is 31.1. The molecule has 0 aromatic heterocycles. The van der Waals surface area contributed by atoms with E-state index in [1.54, 1.807) is 36.1 Å². The van der Waals surface area contributed by atoms with Gasteiger partial charge in [-0.15, -0.1) is 0 Å². The summed E-state index contributed by atoms with van der Waals surface area (Å²) in [5.41, 5.74) is 1.59. The number of nitrogens with one attached hydrogen (secondary N) is 1. The standard InChI is InChI=1S/C38H49ClN2O8S/c1-6-21-40-33-19-18-31(25-32(33)36(42)46-7-2)50(44,45)30-16-14-27(15-17-30)20-22-41(37(43)49-38(3,4)5)26-34(28-11-10-12-29(39)24-28)48-35-13-8-9-23-47-35/h10-12,14-19,24-25,34-35,40H,6-9,13,20-23,26H2,1-5H3/t34-,35?/m0/s1. The highest BCUT2D eigenvalue weighted by atomic mass is 35.5. The van der Waals surface area contributed by atoms with Gasteiger partial charge in [0, 0.05) is 30.4 Å². The summed E-state index contributed by atoms with van der Waals surface area (Å²) >= 11 is 6.34. The van der Waals surface area contributed by atoms with Crippen molar-refractivity contribution < 1.29 is 37.0 Å². The summed E-state index contributed by atoms with van der Waals surface area (Å²) in [6, 6.07) is 18.3. The van der Waals surface area contributed by atoms with Crippen LogP contribution in [0.3, 0.4) is 0 Å². The largest absolute Gasteiger partial charge is 0.462 e. The summed E-state index contributed by atoms with van der Waals surface area (Å²) in [7, 11) is -3.95. The predicted octanol–water partition coefficient (Wildman–Crippen LogP) is 8.24. The van der Waals surface area contributed by atoms with Crippen LogP contribution in [0.25, 0.3) is 0 Å². The molecule has 1 N–H and O–H groups in total. The molecule has 1 fully saturated rings. The molecule has 50 heavy (non-hydrogen) atoms. The second-order valence-corrected chi connectivity index (χ2v) is 15.5. The molecule has 0 aliphatic carbocycles. The van der Waals surface area contributed by atoms with Gasteiger partial charge < -0.3 is 29.2 Å². The monoisotopic (exact) mass is 728 g/mol. The van der Waals surface area contributed by atoms with Gasteiger partial charge in [0.15, 0.2) is 6.29 Å². The summed E-state index contributed by atoms with van der Waals surface area (Å²) in [6.45, 7) is 11.0. The zero-order chi connectivity index (χ0) is 36.3. The first-order chi connectivity index (χ1) is 23.8. The summed E-state index contributed by atoms with van der Waals surface area (Å²) in [5.74, 6) is -0.595. The number of hydrogen-bond acceptors (Lipinski definition) is 9. The third kappa shape index (κ3) is 11.2. The number of carbonyl (C=O) groups is 2. The van der Waals surface area contributed by atoms with Crippen LogP contribution in [-0.4, -0.2) is 70.1 Å². The van der Waals surface area contributed by atoms with Gasteiger partial charge in [0.25, 0.3) is 0 Å². The molecule has 1 saturated heterocycles. The maximum Gasteiger partial charge on any atom is 0.410 e. The van der Waals surface area contributed by atoms with E-state index in [4.69, 9.17) is 30.5 Å². The molecule has 10 nitrogen and oxygen atoms in total. The Balaban J connectivity index is 1.54. The van der Waals surface area contributed by atoms with Crippen molar-refractivity contribution in [1.29, 1.82) is 0 Å². The molecule has 1 aliphatic heterocycles. The Labute approximate surface area is 301 Å². The van der Waals surface area contributed by atoms with Gasteiger partial charge in [0.1, 0.15) is 11.7 Å². The minimum Gasteiger partial charge on any atom is -0.462 e.